The third-order valence-electron chi connectivity index (χ3n) is 2.20. The van der Waals surface area contributed by atoms with E-state index in [0.717, 1.165) is 12.1 Å². The molecule has 0 fully saturated rings. The molecule has 0 saturated carbocycles. The van der Waals surface area contributed by atoms with E-state index in [1.165, 1.54) is 6.07 Å². The quantitative estimate of drug-likeness (QED) is 0.753. The lowest BCUT2D eigenvalue weighted by atomic mass is 10.2. The first-order chi connectivity index (χ1) is 8.46. The van der Waals surface area contributed by atoms with Crippen LogP contribution in [0.1, 0.15) is 5.56 Å². The third-order valence-corrected chi connectivity index (χ3v) is 3.72. The van der Waals surface area contributed by atoms with Gasteiger partial charge in [0.2, 0.25) is 0 Å². The highest BCUT2D eigenvalue weighted by molar-refractivity contribution is 7.90. The second kappa shape index (κ2) is 6.77. The van der Waals surface area contributed by atoms with Crippen molar-refractivity contribution in [2.45, 2.75) is 5.75 Å². The topological polar surface area (TPSA) is 63.6 Å². The van der Waals surface area contributed by atoms with Crippen LogP contribution in [0, 0.1) is 11.6 Å². The van der Waals surface area contributed by atoms with Gasteiger partial charge in [-0.1, -0.05) is 6.07 Å². The maximum Gasteiger partial charge on any atom is 0.156 e. The number of hydrogen-bond acceptors (Lipinski definition) is 4. The van der Waals surface area contributed by atoms with Gasteiger partial charge in [-0.25, -0.2) is 17.2 Å². The van der Waals surface area contributed by atoms with Crippen LogP contribution in [0.2, 0.25) is 0 Å². The minimum absolute atomic E-state index is 0.0313. The molecule has 0 aliphatic rings. The van der Waals surface area contributed by atoms with Crippen molar-refractivity contribution in [3.63, 3.8) is 0 Å². The molecule has 0 amide bonds. The molecule has 0 aliphatic carbocycles. The Hall–Kier alpha value is -1.05. The summed E-state index contributed by atoms with van der Waals surface area (Å²) >= 11 is 0. The molecule has 0 atom stereocenters. The standard InChI is InChI=1S/C11H14F2O4S/c12-10-2-1-3-11(13)9(10)8-18(15,16)7-6-17-5-4-14/h1-3,14H,4-8H2. The van der Waals surface area contributed by atoms with E-state index < -0.39 is 32.8 Å². The molecule has 0 heterocycles. The van der Waals surface area contributed by atoms with Crippen LogP contribution in [0.5, 0.6) is 0 Å². The van der Waals surface area contributed by atoms with Crippen molar-refractivity contribution in [1.29, 1.82) is 0 Å². The molecule has 0 aliphatic heterocycles. The van der Waals surface area contributed by atoms with Gasteiger partial charge in [0.05, 0.1) is 31.3 Å². The second-order valence-electron chi connectivity index (χ2n) is 3.63. The van der Waals surface area contributed by atoms with Crippen LogP contribution >= 0.6 is 0 Å². The fraction of sp³-hybridized carbons (Fsp3) is 0.455. The lowest BCUT2D eigenvalue weighted by molar-refractivity contribution is 0.103. The molecule has 0 saturated heterocycles. The van der Waals surface area contributed by atoms with Crippen LogP contribution in [0.4, 0.5) is 8.78 Å². The Kier molecular flexibility index (Phi) is 5.64. The number of aliphatic hydroxyl groups is 1. The molecule has 0 bridgehead atoms. The van der Waals surface area contributed by atoms with E-state index in [0.29, 0.717) is 0 Å². The van der Waals surface area contributed by atoms with Gasteiger partial charge in [-0.15, -0.1) is 0 Å². The van der Waals surface area contributed by atoms with Gasteiger partial charge >= 0.3 is 0 Å². The Bertz CT molecular complexity index is 468. The highest BCUT2D eigenvalue weighted by Gasteiger charge is 2.18. The second-order valence-corrected chi connectivity index (χ2v) is 5.81. The van der Waals surface area contributed by atoms with E-state index >= 15 is 0 Å². The van der Waals surface area contributed by atoms with Crippen LogP contribution in [-0.2, 0) is 20.3 Å². The predicted octanol–water partition coefficient (Wildman–Crippen LogP) is 0.888. The molecule has 1 rings (SSSR count). The van der Waals surface area contributed by atoms with Crippen molar-refractivity contribution in [3.05, 3.63) is 35.4 Å². The molecule has 1 N–H and O–H groups in total. The van der Waals surface area contributed by atoms with Crippen molar-refractivity contribution in [2.75, 3.05) is 25.6 Å². The zero-order chi connectivity index (χ0) is 13.6. The smallest absolute Gasteiger partial charge is 0.156 e. The molecule has 4 nitrogen and oxygen atoms in total. The summed E-state index contributed by atoms with van der Waals surface area (Å²) in [5.41, 5.74) is -0.459. The van der Waals surface area contributed by atoms with Gasteiger partial charge in [0, 0.05) is 5.56 Å². The lowest BCUT2D eigenvalue weighted by Crippen LogP contribution is -2.16. The Balaban J connectivity index is 2.65. The Morgan fingerprint density at radius 2 is 1.78 bits per heavy atom. The summed E-state index contributed by atoms with van der Waals surface area (Å²) in [4.78, 5) is 0. The van der Waals surface area contributed by atoms with E-state index in [-0.39, 0.29) is 25.6 Å². The summed E-state index contributed by atoms with van der Waals surface area (Å²) < 4.78 is 54.5. The van der Waals surface area contributed by atoms with Gasteiger partial charge in [0.15, 0.2) is 9.84 Å². The summed E-state index contributed by atoms with van der Waals surface area (Å²) in [5.74, 6) is -2.81. The van der Waals surface area contributed by atoms with E-state index in [9.17, 15) is 17.2 Å². The van der Waals surface area contributed by atoms with Crippen molar-refractivity contribution >= 4 is 9.84 Å². The van der Waals surface area contributed by atoms with Crippen molar-refractivity contribution in [2.24, 2.45) is 0 Å². The van der Waals surface area contributed by atoms with Crippen LogP contribution in [0.25, 0.3) is 0 Å². The molecule has 0 aromatic heterocycles. The number of aliphatic hydroxyl groups excluding tert-OH is 1. The molecule has 102 valence electrons. The van der Waals surface area contributed by atoms with Crippen LogP contribution in [-0.4, -0.2) is 39.1 Å². The average molecular weight is 280 g/mol. The number of rotatable bonds is 7. The minimum atomic E-state index is -3.65. The average Bonchev–Trinajstić information content (AvgIpc) is 2.30. The summed E-state index contributed by atoms with van der Waals surface area (Å²) in [6.07, 6.45) is 0. The van der Waals surface area contributed by atoms with Gasteiger partial charge in [-0.2, -0.15) is 0 Å². The van der Waals surface area contributed by atoms with Gasteiger partial charge in [0.25, 0.3) is 0 Å². The SMILES string of the molecule is O=S(=O)(CCOCCO)Cc1c(F)cccc1F. The molecule has 18 heavy (non-hydrogen) atoms. The Labute approximate surface area is 104 Å². The van der Waals surface area contributed by atoms with E-state index in [1.807, 2.05) is 0 Å². The highest BCUT2D eigenvalue weighted by atomic mass is 32.2. The van der Waals surface area contributed by atoms with Crippen LogP contribution < -0.4 is 0 Å². The van der Waals surface area contributed by atoms with Crippen molar-refractivity contribution in [1.82, 2.24) is 0 Å². The van der Waals surface area contributed by atoms with Gasteiger partial charge in [0.1, 0.15) is 11.6 Å². The van der Waals surface area contributed by atoms with E-state index in [4.69, 9.17) is 9.84 Å². The predicted molar refractivity (Wildman–Crippen MR) is 61.8 cm³/mol. The van der Waals surface area contributed by atoms with Crippen LogP contribution in [0.15, 0.2) is 18.2 Å². The first kappa shape index (κ1) is 15.0. The molecule has 0 radical (unpaired) electrons. The zero-order valence-electron chi connectivity index (χ0n) is 9.60. The number of hydrogen-bond donors (Lipinski definition) is 1. The molecule has 0 spiro atoms. The highest BCUT2D eigenvalue weighted by Crippen LogP contribution is 2.15. The number of sulfone groups is 1. The number of benzene rings is 1. The summed E-state index contributed by atoms with van der Waals surface area (Å²) in [6, 6.07) is 3.19. The minimum Gasteiger partial charge on any atom is -0.394 e. The number of ether oxygens (including phenoxy) is 1. The molecule has 7 heteroatoms. The largest absolute Gasteiger partial charge is 0.394 e. The monoisotopic (exact) mass is 280 g/mol. The lowest BCUT2D eigenvalue weighted by Gasteiger charge is -2.07. The van der Waals surface area contributed by atoms with Crippen molar-refractivity contribution in [3.8, 4) is 0 Å². The zero-order valence-corrected chi connectivity index (χ0v) is 10.4. The summed E-state index contributed by atoms with van der Waals surface area (Å²) in [6.45, 7) is -0.287. The molecular weight excluding hydrogens is 266 g/mol. The Morgan fingerprint density at radius 1 is 1.17 bits per heavy atom. The van der Waals surface area contributed by atoms with Gasteiger partial charge in [-0.3, -0.25) is 0 Å². The summed E-state index contributed by atoms with van der Waals surface area (Å²) in [5, 5.41) is 8.43. The molecule has 0 unspecified atom stereocenters. The maximum absolute atomic E-state index is 13.3. The third kappa shape index (κ3) is 4.67. The first-order valence-corrected chi connectivity index (χ1v) is 7.10. The van der Waals surface area contributed by atoms with E-state index in [1.54, 1.807) is 0 Å². The van der Waals surface area contributed by atoms with Gasteiger partial charge < -0.3 is 9.84 Å². The normalized spacial score (nSPS) is 11.7. The van der Waals surface area contributed by atoms with Gasteiger partial charge in [-0.05, 0) is 12.1 Å². The Morgan fingerprint density at radius 3 is 2.33 bits per heavy atom. The van der Waals surface area contributed by atoms with Crippen LogP contribution in [0.3, 0.4) is 0 Å². The summed E-state index contributed by atoms with van der Waals surface area (Å²) in [7, 11) is -3.65. The number of halogens is 2. The fourth-order valence-electron chi connectivity index (χ4n) is 1.31. The molecular formula is C11H14F2O4S. The fourth-order valence-corrected chi connectivity index (χ4v) is 2.55. The first-order valence-electron chi connectivity index (χ1n) is 5.28. The van der Waals surface area contributed by atoms with E-state index in [2.05, 4.69) is 0 Å². The molecule has 1 aromatic rings. The maximum atomic E-state index is 13.3. The van der Waals surface area contributed by atoms with Crippen molar-refractivity contribution < 1.29 is 27.0 Å². The molecule has 1 aromatic carbocycles.